The van der Waals surface area contributed by atoms with Crippen molar-refractivity contribution in [2.75, 3.05) is 20.1 Å². The normalized spacial score (nSPS) is 19.3. The molecule has 0 amide bonds. The minimum atomic E-state index is -0.122. The van der Waals surface area contributed by atoms with E-state index in [1.54, 1.807) is 42.5 Å². The lowest BCUT2D eigenvalue weighted by atomic mass is 9.84. The molecule has 5 heteroatoms. The molecule has 0 aliphatic carbocycles. The van der Waals surface area contributed by atoms with Gasteiger partial charge in [0.05, 0.1) is 5.02 Å². The van der Waals surface area contributed by atoms with Crippen LogP contribution in [-0.2, 0) is 0 Å². The van der Waals surface area contributed by atoms with Crippen LogP contribution in [0.15, 0.2) is 72.8 Å². The summed E-state index contributed by atoms with van der Waals surface area (Å²) >= 11 is 12.4. The summed E-state index contributed by atoms with van der Waals surface area (Å²) in [5, 5.41) is 1.05. The molecule has 148 valence electrons. The van der Waals surface area contributed by atoms with Gasteiger partial charge in [-0.15, -0.1) is 0 Å². The number of carbonyl (C=O) groups excluding carboxylic acids is 1. The molecule has 0 N–H and O–H groups in total. The number of Topliss-reactive ketones (excluding diaryl/α,β-unsaturated/α-hetero) is 1. The predicted molar refractivity (Wildman–Crippen MR) is 117 cm³/mol. The summed E-state index contributed by atoms with van der Waals surface area (Å²) in [4.78, 5) is 15.5. The van der Waals surface area contributed by atoms with Crippen molar-refractivity contribution in [1.29, 1.82) is 0 Å². The summed E-state index contributed by atoms with van der Waals surface area (Å²) in [6, 6.07) is 22.5. The lowest BCUT2D eigenvalue weighted by molar-refractivity contribution is 0.0916. The summed E-state index contributed by atoms with van der Waals surface area (Å²) in [5.41, 5.74) is 1.73. The number of hydrogen-bond acceptors (Lipinski definition) is 3. The largest absolute Gasteiger partial charge is 0.457 e. The molecule has 2 atom stereocenters. The number of benzene rings is 3. The van der Waals surface area contributed by atoms with Crippen molar-refractivity contribution in [1.82, 2.24) is 4.90 Å². The van der Waals surface area contributed by atoms with E-state index in [0.29, 0.717) is 27.1 Å². The number of likely N-dealkylation sites (tertiary alicyclic amines) is 1. The Morgan fingerprint density at radius 1 is 0.931 bits per heavy atom. The third-order valence-corrected chi connectivity index (χ3v) is 5.89. The molecule has 1 aliphatic rings. The van der Waals surface area contributed by atoms with Crippen LogP contribution < -0.4 is 4.74 Å². The monoisotopic (exact) mass is 425 g/mol. The standard InChI is InChI=1S/C24H21Cl2NO2/c1-27-14-21(16-5-3-2-4-6-16)22(15-27)24(28)20-12-11-19(13-23(20)26)29-18-9-7-17(25)8-10-18/h2-13,21-22H,14-15H2,1H3/t21-,22-/m0/s1. The van der Waals surface area contributed by atoms with E-state index in [9.17, 15) is 4.79 Å². The number of nitrogens with zero attached hydrogens (tertiary/aromatic N) is 1. The first-order valence-corrected chi connectivity index (χ1v) is 10.3. The van der Waals surface area contributed by atoms with Crippen molar-refractivity contribution in [3.8, 4) is 11.5 Å². The molecule has 1 fully saturated rings. The van der Waals surface area contributed by atoms with Crippen LogP contribution in [0.25, 0.3) is 0 Å². The van der Waals surface area contributed by atoms with E-state index in [-0.39, 0.29) is 17.6 Å². The van der Waals surface area contributed by atoms with Crippen LogP contribution in [0.2, 0.25) is 10.0 Å². The van der Waals surface area contributed by atoms with Gasteiger partial charge in [0.15, 0.2) is 5.78 Å². The van der Waals surface area contributed by atoms with Gasteiger partial charge in [-0.3, -0.25) is 4.79 Å². The molecular formula is C24H21Cl2NO2. The molecule has 1 heterocycles. The van der Waals surface area contributed by atoms with Gasteiger partial charge in [-0.25, -0.2) is 0 Å². The molecule has 0 radical (unpaired) electrons. The van der Waals surface area contributed by atoms with Crippen LogP contribution in [-0.4, -0.2) is 30.8 Å². The minimum Gasteiger partial charge on any atom is -0.457 e. The molecule has 0 unspecified atom stereocenters. The van der Waals surface area contributed by atoms with Crippen LogP contribution >= 0.6 is 23.2 Å². The molecule has 4 rings (SSSR count). The Bertz CT molecular complexity index is 1010. The van der Waals surface area contributed by atoms with Gasteiger partial charge in [-0.05, 0) is 49.0 Å². The smallest absolute Gasteiger partial charge is 0.169 e. The average Bonchev–Trinajstić information content (AvgIpc) is 3.12. The van der Waals surface area contributed by atoms with Crippen LogP contribution in [0.3, 0.4) is 0 Å². The third-order valence-electron chi connectivity index (χ3n) is 5.32. The first-order chi connectivity index (χ1) is 14.0. The molecule has 29 heavy (non-hydrogen) atoms. The van der Waals surface area contributed by atoms with Crippen LogP contribution in [0.1, 0.15) is 21.8 Å². The Morgan fingerprint density at radius 3 is 2.31 bits per heavy atom. The van der Waals surface area contributed by atoms with Gasteiger partial charge in [-0.2, -0.15) is 0 Å². The van der Waals surface area contributed by atoms with Gasteiger partial charge >= 0.3 is 0 Å². The van der Waals surface area contributed by atoms with E-state index in [1.165, 1.54) is 5.56 Å². The minimum absolute atomic E-state index is 0.0752. The van der Waals surface area contributed by atoms with E-state index in [1.807, 2.05) is 25.2 Å². The van der Waals surface area contributed by atoms with Crippen molar-refractivity contribution in [2.45, 2.75) is 5.92 Å². The zero-order chi connectivity index (χ0) is 20.4. The number of rotatable bonds is 5. The van der Waals surface area contributed by atoms with Crippen molar-refractivity contribution in [3.05, 3.63) is 94.0 Å². The third kappa shape index (κ3) is 4.48. The maximum absolute atomic E-state index is 13.3. The molecule has 0 spiro atoms. The molecule has 3 aromatic carbocycles. The lowest BCUT2D eigenvalue weighted by Gasteiger charge is -2.18. The van der Waals surface area contributed by atoms with Gasteiger partial charge in [0, 0.05) is 41.6 Å². The summed E-state index contributed by atoms with van der Waals surface area (Å²) < 4.78 is 5.82. The van der Waals surface area contributed by atoms with E-state index in [2.05, 4.69) is 17.0 Å². The van der Waals surface area contributed by atoms with Gasteiger partial charge in [0.2, 0.25) is 0 Å². The number of hydrogen-bond donors (Lipinski definition) is 0. The Balaban J connectivity index is 1.55. The second-order valence-corrected chi connectivity index (χ2v) is 8.25. The fraction of sp³-hybridized carbons (Fsp3) is 0.208. The first kappa shape index (κ1) is 20.0. The summed E-state index contributed by atoms with van der Waals surface area (Å²) in [6.07, 6.45) is 0. The van der Waals surface area contributed by atoms with Crippen LogP contribution in [0.4, 0.5) is 0 Å². The van der Waals surface area contributed by atoms with Gasteiger partial charge < -0.3 is 9.64 Å². The fourth-order valence-corrected chi connectivity index (χ4v) is 4.29. The highest BCUT2D eigenvalue weighted by atomic mass is 35.5. The zero-order valence-corrected chi connectivity index (χ0v) is 17.5. The van der Waals surface area contributed by atoms with E-state index in [4.69, 9.17) is 27.9 Å². The molecule has 3 nitrogen and oxygen atoms in total. The highest BCUT2D eigenvalue weighted by Crippen LogP contribution is 2.36. The SMILES string of the molecule is CN1C[C@H](C(=O)c2ccc(Oc3ccc(Cl)cc3)cc2Cl)[C@H](c2ccccc2)C1. The highest BCUT2D eigenvalue weighted by Gasteiger charge is 2.37. The molecule has 0 bridgehead atoms. The molecule has 1 saturated heterocycles. The Kier molecular flexibility index (Phi) is 5.91. The van der Waals surface area contributed by atoms with E-state index in [0.717, 1.165) is 13.1 Å². The predicted octanol–water partition coefficient (Wildman–Crippen LogP) is 6.31. The fourth-order valence-electron chi connectivity index (χ4n) is 3.90. The second-order valence-electron chi connectivity index (χ2n) is 7.41. The summed E-state index contributed by atoms with van der Waals surface area (Å²) in [6.45, 7) is 1.58. The topological polar surface area (TPSA) is 29.5 Å². The van der Waals surface area contributed by atoms with Gasteiger partial charge in [-0.1, -0.05) is 53.5 Å². The second kappa shape index (κ2) is 8.58. The molecule has 3 aromatic rings. The maximum atomic E-state index is 13.3. The average molecular weight is 426 g/mol. The van der Waals surface area contributed by atoms with Gasteiger partial charge in [0.25, 0.3) is 0 Å². The van der Waals surface area contributed by atoms with E-state index < -0.39 is 0 Å². The van der Waals surface area contributed by atoms with Crippen molar-refractivity contribution >= 4 is 29.0 Å². The zero-order valence-electron chi connectivity index (χ0n) is 16.0. The summed E-state index contributed by atoms with van der Waals surface area (Å²) in [7, 11) is 2.05. The van der Waals surface area contributed by atoms with E-state index >= 15 is 0 Å². The Morgan fingerprint density at radius 2 is 1.62 bits per heavy atom. The Labute approximate surface area is 180 Å². The molecule has 1 aliphatic heterocycles. The highest BCUT2D eigenvalue weighted by molar-refractivity contribution is 6.34. The number of carbonyl (C=O) groups is 1. The van der Waals surface area contributed by atoms with Crippen molar-refractivity contribution < 1.29 is 9.53 Å². The van der Waals surface area contributed by atoms with Gasteiger partial charge in [0.1, 0.15) is 11.5 Å². The number of ketones is 1. The molecular weight excluding hydrogens is 405 g/mol. The first-order valence-electron chi connectivity index (χ1n) is 9.52. The maximum Gasteiger partial charge on any atom is 0.169 e. The van der Waals surface area contributed by atoms with Crippen LogP contribution in [0, 0.1) is 5.92 Å². The number of ether oxygens (including phenoxy) is 1. The molecule has 0 saturated carbocycles. The van der Waals surface area contributed by atoms with Crippen molar-refractivity contribution in [2.24, 2.45) is 5.92 Å². The van der Waals surface area contributed by atoms with Crippen molar-refractivity contribution in [3.63, 3.8) is 0 Å². The lowest BCUT2D eigenvalue weighted by Crippen LogP contribution is -2.22. The Hall–Kier alpha value is -2.33. The van der Waals surface area contributed by atoms with Crippen LogP contribution in [0.5, 0.6) is 11.5 Å². The number of likely N-dealkylation sites (N-methyl/N-ethyl adjacent to an activating group) is 1. The molecule has 0 aromatic heterocycles. The summed E-state index contributed by atoms with van der Waals surface area (Å²) in [5.74, 6) is 1.35. The number of halogens is 2. The quantitative estimate of drug-likeness (QED) is 0.448.